The molecule has 0 heterocycles. The van der Waals surface area contributed by atoms with Crippen LogP contribution in [0.4, 0.5) is 22.0 Å². The van der Waals surface area contributed by atoms with Crippen LogP contribution in [0.2, 0.25) is 0 Å². The van der Waals surface area contributed by atoms with Crippen molar-refractivity contribution >= 4 is 11.7 Å². The number of hydrogen-bond donors (Lipinski definition) is 0. The Bertz CT molecular complexity index is 979. The molecule has 144 valence electrons. The highest BCUT2D eigenvalue weighted by molar-refractivity contribution is 5.83. The van der Waals surface area contributed by atoms with Crippen molar-refractivity contribution in [2.75, 3.05) is 0 Å². The molecule has 0 spiro atoms. The van der Waals surface area contributed by atoms with Crippen molar-refractivity contribution in [2.45, 2.75) is 19.8 Å². The molecule has 0 atom stereocenters. The predicted molar refractivity (Wildman–Crippen MR) is 101 cm³/mol. The molecule has 0 radical (unpaired) electrons. The summed E-state index contributed by atoms with van der Waals surface area (Å²) in [5.74, 6) is -7.64. The summed E-state index contributed by atoms with van der Waals surface area (Å²) >= 11 is 0. The molecule has 3 aromatic rings. The molecule has 0 saturated carbocycles. The van der Waals surface area contributed by atoms with Gasteiger partial charge in [0, 0.05) is 11.1 Å². The molecule has 0 aliphatic rings. The molecule has 0 aromatic heterocycles. The van der Waals surface area contributed by atoms with Crippen molar-refractivity contribution < 1.29 is 22.0 Å². The number of hydrogen-bond acceptors (Lipinski definition) is 0. The van der Waals surface area contributed by atoms with Crippen LogP contribution >= 0.6 is 0 Å². The van der Waals surface area contributed by atoms with Gasteiger partial charge in [-0.05, 0) is 35.2 Å². The summed E-state index contributed by atoms with van der Waals surface area (Å²) in [6, 6.07) is 14.8. The van der Waals surface area contributed by atoms with Gasteiger partial charge in [0.2, 0.25) is 0 Å². The second kappa shape index (κ2) is 8.38. The largest absolute Gasteiger partial charge is 0.204 e. The van der Waals surface area contributed by atoms with E-state index in [1.165, 1.54) is 17.7 Å². The molecule has 0 N–H and O–H groups in total. The molecule has 0 bridgehead atoms. The van der Waals surface area contributed by atoms with Crippen LogP contribution in [0.3, 0.4) is 0 Å². The van der Waals surface area contributed by atoms with E-state index in [1.54, 1.807) is 12.1 Å². The molecular weight excluding hydrogens is 371 g/mol. The highest BCUT2D eigenvalue weighted by Gasteiger charge is 2.17. The first-order valence-corrected chi connectivity index (χ1v) is 8.80. The minimum Gasteiger partial charge on any atom is -0.204 e. The lowest BCUT2D eigenvalue weighted by Gasteiger charge is -2.07. The Kier molecular flexibility index (Phi) is 5.93. The van der Waals surface area contributed by atoms with Gasteiger partial charge in [-0.3, -0.25) is 0 Å². The van der Waals surface area contributed by atoms with E-state index >= 15 is 0 Å². The summed E-state index contributed by atoms with van der Waals surface area (Å²) in [7, 11) is 0. The Morgan fingerprint density at radius 1 is 0.679 bits per heavy atom. The van der Waals surface area contributed by atoms with Gasteiger partial charge >= 0.3 is 0 Å². The van der Waals surface area contributed by atoms with Crippen LogP contribution in [0.5, 0.6) is 0 Å². The zero-order valence-corrected chi connectivity index (χ0v) is 15.1. The Labute approximate surface area is 160 Å². The van der Waals surface area contributed by atoms with E-state index in [2.05, 4.69) is 6.92 Å². The van der Waals surface area contributed by atoms with Crippen LogP contribution in [0.15, 0.2) is 60.7 Å². The fraction of sp³-hybridized carbons (Fsp3) is 0.130. The third kappa shape index (κ3) is 4.14. The average molecular weight is 388 g/mol. The Hall–Kier alpha value is -2.95. The van der Waals surface area contributed by atoms with Crippen LogP contribution < -0.4 is 0 Å². The molecule has 0 unspecified atom stereocenters. The second-order valence-corrected chi connectivity index (χ2v) is 6.41. The first-order chi connectivity index (χ1) is 13.4. The van der Waals surface area contributed by atoms with Gasteiger partial charge in [0.05, 0.1) is 0 Å². The molecule has 0 aliphatic carbocycles. The van der Waals surface area contributed by atoms with Crippen molar-refractivity contribution in [3.63, 3.8) is 0 Å². The Morgan fingerprint density at radius 3 is 1.64 bits per heavy atom. The van der Waals surface area contributed by atoms with E-state index in [1.807, 2.05) is 24.3 Å². The smallest absolute Gasteiger partial charge is 0.194 e. The minimum absolute atomic E-state index is 0.0889. The lowest BCUT2D eigenvalue weighted by Crippen LogP contribution is -1.94. The summed E-state index contributed by atoms with van der Waals surface area (Å²) in [6.07, 6.45) is 2.03. The molecule has 28 heavy (non-hydrogen) atoms. The highest BCUT2D eigenvalue weighted by Crippen LogP contribution is 2.31. The topological polar surface area (TPSA) is 0 Å². The second-order valence-electron chi connectivity index (χ2n) is 6.41. The summed E-state index contributed by atoms with van der Waals surface area (Å²) in [6.45, 7) is 2.10. The van der Waals surface area contributed by atoms with Gasteiger partial charge in [-0.1, -0.05) is 61.9 Å². The Morgan fingerprint density at radius 2 is 1.14 bits per heavy atom. The van der Waals surface area contributed by atoms with Gasteiger partial charge in [-0.15, -0.1) is 0 Å². The van der Waals surface area contributed by atoms with Crippen molar-refractivity contribution in [3.05, 3.63) is 94.8 Å². The van der Waals surface area contributed by atoms with Crippen molar-refractivity contribution in [2.24, 2.45) is 0 Å². The van der Waals surface area contributed by atoms with Crippen molar-refractivity contribution in [1.29, 1.82) is 0 Å². The number of rotatable bonds is 5. The zero-order chi connectivity index (χ0) is 20.3. The molecule has 0 amide bonds. The lowest BCUT2D eigenvalue weighted by molar-refractivity contribution is 0.446. The fourth-order valence-corrected chi connectivity index (χ4v) is 2.90. The van der Waals surface area contributed by atoms with Crippen LogP contribution in [0.25, 0.3) is 22.8 Å². The van der Waals surface area contributed by atoms with E-state index in [4.69, 9.17) is 0 Å². The van der Waals surface area contributed by atoms with Gasteiger partial charge < -0.3 is 0 Å². The molecule has 3 aromatic carbocycles. The van der Waals surface area contributed by atoms with E-state index in [-0.39, 0.29) is 5.56 Å². The number of benzene rings is 3. The SMILES string of the molecule is CCCc1ccc(-c2ccc(/C(F)=C(/F)c3cc(F)c(F)c(F)c3)cc2)cc1. The molecule has 0 fully saturated rings. The molecular formula is C23H17F5. The third-order valence-electron chi connectivity index (χ3n) is 4.39. The summed E-state index contributed by atoms with van der Waals surface area (Å²) in [4.78, 5) is 0. The van der Waals surface area contributed by atoms with Gasteiger partial charge in [0.1, 0.15) is 0 Å². The first kappa shape index (κ1) is 19.8. The zero-order valence-electron chi connectivity index (χ0n) is 15.1. The van der Waals surface area contributed by atoms with Crippen LogP contribution in [0.1, 0.15) is 30.0 Å². The van der Waals surface area contributed by atoms with Gasteiger partial charge in [0.25, 0.3) is 0 Å². The monoisotopic (exact) mass is 388 g/mol. The molecule has 3 rings (SSSR count). The van der Waals surface area contributed by atoms with Gasteiger partial charge in [-0.25, -0.2) is 22.0 Å². The van der Waals surface area contributed by atoms with Crippen molar-refractivity contribution in [1.82, 2.24) is 0 Å². The number of aryl methyl sites for hydroxylation is 1. The summed E-state index contributed by atoms with van der Waals surface area (Å²) in [5.41, 5.74) is 2.17. The normalized spacial score (nSPS) is 12.1. The maximum Gasteiger partial charge on any atom is 0.194 e. The quantitative estimate of drug-likeness (QED) is 0.241. The first-order valence-electron chi connectivity index (χ1n) is 8.80. The molecule has 0 saturated heterocycles. The minimum atomic E-state index is -1.73. The highest BCUT2D eigenvalue weighted by atomic mass is 19.2. The van der Waals surface area contributed by atoms with E-state index in [9.17, 15) is 22.0 Å². The van der Waals surface area contributed by atoms with E-state index < -0.39 is 34.7 Å². The van der Waals surface area contributed by atoms with E-state index in [0.717, 1.165) is 24.0 Å². The maximum absolute atomic E-state index is 14.4. The van der Waals surface area contributed by atoms with Gasteiger partial charge in [0.15, 0.2) is 29.1 Å². The predicted octanol–water partition coefficient (Wildman–Crippen LogP) is 7.49. The van der Waals surface area contributed by atoms with Gasteiger partial charge in [-0.2, -0.15) is 0 Å². The van der Waals surface area contributed by atoms with Crippen LogP contribution in [-0.4, -0.2) is 0 Å². The third-order valence-corrected chi connectivity index (χ3v) is 4.39. The molecule has 0 nitrogen and oxygen atoms in total. The Balaban J connectivity index is 1.88. The standard InChI is InChI=1S/C23H17F5/c1-2-3-14-4-6-15(7-5-14)16-8-10-17(11-9-16)21(26)22(27)18-12-19(24)23(28)20(25)13-18/h4-13H,2-3H2,1H3/b22-21-. The maximum atomic E-state index is 14.4. The molecule has 0 aliphatic heterocycles. The van der Waals surface area contributed by atoms with E-state index in [0.29, 0.717) is 12.1 Å². The average Bonchev–Trinajstić information content (AvgIpc) is 2.71. The molecule has 5 heteroatoms. The van der Waals surface area contributed by atoms with Crippen molar-refractivity contribution in [3.8, 4) is 11.1 Å². The number of halogens is 5. The van der Waals surface area contributed by atoms with Crippen LogP contribution in [-0.2, 0) is 6.42 Å². The van der Waals surface area contributed by atoms with Crippen LogP contribution in [0, 0.1) is 17.5 Å². The summed E-state index contributed by atoms with van der Waals surface area (Å²) < 4.78 is 68.2. The fourth-order valence-electron chi connectivity index (χ4n) is 2.90. The lowest BCUT2D eigenvalue weighted by atomic mass is 10.0. The summed E-state index contributed by atoms with van der Waals surface area (Å²) in [5, 5.41) is 0.